The van der Waals surface area contributed by atoms with Crippen LogP contribution in [0.25, 0.3) is 0 Å². The van der Waals surface area contributed by atoms with Crippen LogP contribution in [0.1, 0.15) is 31.1 Å². The molecule has 2 aromatic rings. The lowest BCUT2D eigenvalue weighted by atomic mass is 10.0. The maximum atomic E-state index is 13.9. The quantitative estimate of drug-likeness (QED) is 0.739. The van der Waals surface area contributed by atoms with Gasteiger partial charge in [0.05, 0.1) is 12.3 Å². The van der Waals surface area contributed by atoms with Gasteiger partial charge in [-0.05, 0) is 55.3 Å². The SMILES string of the molecule is CCOc1ccc(C(=O)N[C@H](C(=O)Nc2ccc(Cl)cc2F)C(C)C)cc1. The zero-order valence-corrected chi connectivity index (χ0v) is 16.1. The second-order valence-electron chi connectivity index (χ2n) is 6.27. The van der Waals surface area contributed by atoms with E-state index >= 15 is 0 Å². The summed E-state index contributed by atoms with van der Waals surface area (Å²) in [5, 5.41) is 5.42. The molecule has 2 rings (SSSR count). The van der Waals surface area contributed by atoms with Crippen molar-refractivity contribution in [3.05, 3.63) is 58.9 Å². The number of rotatable bonds is 7. The van der Waals surface area contributed by atoms with E-state index in [0.29, 0.717) is 17.9 Å². The predicted molar refractivity (Wildman–Crippen MR) is 104 cm³/mol. The molecular formula is C20H22ClFN2O3. The van der Waals surface area contributed by atoms with Crippen molar-refractivity contribution >= 4 is 29.1 Å². The first-order chi connectivity index (χ1) is 12.8. The van der Waals surface area contributed by atoms with Crippen LogP contribution in [0, 0.1) is 11.7 Å². The minimum Gasteiger partial charge on any atom is -0.494 e. The van der Waals surface area contributed by atoms with Crippen molar-refractivity contribution in [3.8, 4) is 5.75 Å². The Morgan fingerprint density at radius 1 is 1.15 bits per heavy atom. The number of hydrogen-bond acceptors (Lipinski definition) is 3. The van der Waals surface area contributed by atoms with Gasteiger partial charge in [0.2, 0.25) is 5.91 Å². The van der Waals surface area contributed by atoms with Crippen LogP contribution in [0.2, 0.25) is 5.02 Å². The van der Waals surface area contributed by atoms with Crippen molar-refractivity contribution in [1.29, 1.82) is 0 Å². The zero-order valence-electron chi connectivity index (χ0n) is 15.4. The van der Waals surface area contributed by atoms with Crippen molar-refractivity contribution in [2.24, 2.45) is 5.92 Å². The van der Waals surface area contributed by atoms with Gasteiger partial charge in [-0.25, -0.2) is 4.39 Å². The molecule has 0 aromatic heterocycles. The van der Waals surface area contributed by atoms with Gasteiger partial charge in [-0.2, -0.15) is 0 Å². The van der Waals surface area contributed by atoms with Crippen LogP contribution in [0.4, 0.5) is 10.1 Å². The summed E-state index contributed by atoms with van der Waals surface area (Å²) < 4.78 is 19.2. The van der Waals surface area contributed by atoms with E-state index in [9.17, 15) is 14.0 Å². The van der Waals surface area contributed by atoms with Crippen molar-refractivity contribution in [3.63, 3.8) is 0 Å². The molecule has 1 atom stereocenters. The third-order valence-electron chi connectivity index (χ3n) is 3.85. The van der Waals surface area contributed by atoms with Gasteiger partial charge in [-0.15, -0.1) is 0 Å². The fraction of sp³-hybridized carbons (Fsp3) is 0.300. The summed E-state index contributed by atoms with van der Waals surface area (Å²) in [4.78, 5) is 25.0. The highest BCUT2D eigenvalue weighted by Gasteiger charge is 2.25. The molecule has 144 valence electrons. The molecule has 0 aliphatic heterocycles. The number of carbonyl (C=O) groups excluding carboxylic acids is 2. The van der Waals surface area contributed by atoms with E-state index in [2.05, 4.69) is 10.6 Å². The molecule has 0 unspecified atom stereocenters. The Balaban J connectivity index is 2.09. The third-order valence-corrected chi connectivity index (χ3v) is 4.09. The highest BCUT2D eigenvalue weighted by atomic mass is 35.5. The summed E-state index contributed by atoms with van der Waals surface area (Å²) in [6.45, 7) is 5.99. The van der Waals surface area contributed by atoms with Crippen LogP contribution >= 0.6 is 11.6 Å². The topological polar surface area (TPSA) is 67.4 Å². The van der Waals surface area contributed by atoms with Crippen molar-refractivity contribution in [1.82, 2.24) is 5.32 Å². The van der Waals surface area contributed by atoms with Crippen molar-refractivity contribution in [2.45, 2.75) is 26.8 Å². The van der Waals surface area contributed by atoms with Gasteiger partial charge in [-0.1, -0.05) is 25.4 Å². The molecule has 0 bridgehead atoms. The van der Waals surface area contributed by atoms with E-state index in [1.807, 2.05) is 6.92 Å². The lowest BCUT2D eigenvalue weighted by molar-refractivity contribution is -0.118. The first-order valence-electron chi connectivity index (χ1n) is 8.61. The summed E-state index contributed by atoms with van der Waals surface area (Å²) in [5.74, 6) is -1.09. The van der Waals surface area contributed by atoms with Crippen LogP contribution in [-0.2, 0) is 4.79 Å². The molecule has 2 N–H and O–H groups in total. The molecule has 2 aromatic carbocycles. The minimum absolute atomic E-state index is 0.00497. The van der Waals surface area contributed by atoms with Gasteiger partial charge in [-0.3, -0.25) is 9.59 Å². The fourth-order valence-corrected chi connectivity index (χ4v) is 2.59. The van der Waals surface area contributed by atoms with E-state index in [1.165, 1.54) is 12.1 Å². The third kappa shape index (κ3) is 5.69. The zero-order chi connectivity index (χ0) is 20.0. The molecule has 0 aliphatic carbocycles. The summed E-state index contributed by atoms with van der Waals surface area (Å²) in [7, 11) is 0. The Morgan fingerprint density at radius 2 is 1.81 bits per heavy atom. The Hall–Kier alpha value is -2.60. The fourth-order valence-electron chi connectivity index (χ4n) is 2.43. The number of benzene rings is 2. The smallest absolute Gasteiger partial charge is 0.251 e. The van der Waals surface area contributed by atoms with Crippen molar-refractivity contribution in [2.75, 3.05) is 11.9 Å². The van der Waals surface area contributed by atoms with Gasteiger partial charge in [0.15, 0.2) is 0 Å². The van der Waals surface area contributed by atoms with E-state index in [-0.39, 0.29) is 16.6 Å². The molecule has 0 radical (unpaired) electrons. The van der Waals surface area contributed by atoms with Crippen LogP contribution in [0.3, 0.4) is 0 Å². The molecule has 5 nitrogen and oxygen atoms in total. The average molecular weight is 393 g/mol. The maximum Gasteiger partial charge on any atom is 0.251 e. The summed E-state index contributed by atoms with van der Waals surface area (Å²) in [5.41, 5.74) is 0.403. The summed E-state index contributed by atoms with van der Waals surface area (Å²) in [6, 6.07) is 9.74. The Bertz CT molecular complexity index is 809. The van der Waals surface area contributed by atoms with E-state index in [4.69, 9.17) is 16.3 Å². The lowest BCUT2D eigenvalue weighted by Crippen LogP contribution is -2.47. The second-order valence-corrected chi connectivity index (χ2v) is 6.70. The van der Waals surface area contributed by atoms with Gasteiger partial charge in [0, 0.05) is 10.6 Å². The highest BCUT2D eigenvalue weighted by Crippen LogP contribution is 2.20. The number of anilines is 1. The second kappa shape index (κ2) is 9.37. The summed E-state index contributed by atoms with van der Waals surface area (Å²) >= 11 is 5.72. The van der Waals surface area contributed by atoms with E-state index in [0.717, 1.165) is 6.07 Å². The number of hydrogen-bond donors (Lipinski definition) is 2. The molecule has 27 heavy (non-hydrogen) atoms. The maximum absolute atomic E-state index is 13.9. The predicted octanol–water partition coefficient (Wildman–Crippen LogP) is 4.27. The van der Waals surface area contributed by atoms with Gasteiger partial charge >= 0.3 is 0 Å². The lowest BCUT2D eigenvalue weighted by Gasteiger charge is -2.22. The molecule has 0 saturated heterocycles. The normalized spacial score (nSPS) is 11.8. The number of nitrogens with one attached hydrogen (secondary N) is 2. The number of amides is 2. The molecule has 2 amide bonds. The molecule has 7 heteroatoms. The number of ether oxygens (including phenoxy) is 1. The molecule has 0 fully saturated rings. The summed E-state index contributed by atoms with van der Waals surface area (Å²) in [6.07, 6.45) is 0. The van der Waals surface area contributed by atoms with Gasteiger partial charge in [0.25, 0.3) is 5.91 Å². The largest absolute Gasteiger partial charge is 0.494 e. The Morgan fingerprint density at radius 3 is 2.37 bits per heavy atom. The van der Waals surface area contributed by atoms with Gasteiger partial charge < -0.3 is 15.4 Å². The van der Waals surface area contributed by atoms with Crippen LogP contribution in [0.5, 0.6) is 5.75 Å². The highest BCUT2D eigenvalue weighted by molar-refractivity contribution is 6.30. The number of carbonyl (C=O) groups is 2. The minimum atomic E-state index is -0.834. The Kier molecular flexibility index (Phi) is 7.19. The molecule has 0 aliphatic rings. The standard InChI is InChI=1S/C20H22ClFN2O3/c1-4-27-15-8-5-13(6-9-15)19(25)24-18(12(2)3)20(26)23-17-10-7-14(21)11-16(17)22/h5-12,18H,4H2,1-3H3,(H,23,26)(H,24,25)/t18-/m0/s1. The molecule has 0 heterocycles. The van der Waals surface area contributed by atoms with E-state index in [1.54, 1.807) is 38.1 Å². The monoisotopic (exact) mass is 392 g/mol. The van der Waals surface area contributed by atoms with E-state index < -0.39 is 23.7 Å². The molecular weight excluding hydrogens is 371 g/mol. The average Bonchev–Trinajstić information content (AvgIpc) is 2.62. The Labute approximate surface area is 162 Å². The first kappa shape index (κ1) is 20.7. The van der Waals surface area contributed by atoms with Crippen molar-refractivity contribution < 1.29 is 18.7 Å². The first-order valence-corrected chi connectivity index (χ1v) is 8.99. The van der Waals surface area contributed by atoms with Crippen LogP contribution < -0.4 is 15.4 Å². The molecule has 0 spiro atoms. The number of halogens is 2. The van der Waals surface area contributed by atoms with Crippen LogP contribution in [-0.4, -0.2) is 24.5 Å². The molecule has 0 saturated carbocycles. The van der Waals surface area contributed by atoms with Gasteiger partial charge in [0.1, 0.15) is 17.6 Å². The van der Waals surface area contributed by atoms with Crippen LogP contribution in [0.15, 0.2) is 42.5 Å².